The van der Waals surface area contributed by atoms with Crippen molar-refractivity contribution in [1.29, 1.82) is 0 Å². The molecule has 1 fully saturated rings. The van der Waals surface area contributed by atoms with Crippen LogP contribution in [0.1, 0.15) is 24.7 Å². The third-order valence-corrected chi connectivity index (χ3v) is 5.01. The van der Waals surface area contributed by atoms with Crippen molar-refractivity contribution in [2.24, 2.45) is 0 Å². The van der Waals surface area contributed by atoms with E-state index in [-0.39, 0.29) is 17.6 Å². The summed E-state index contributed by atoms with van der Waals surface area (Å²) in [6.45, 7) is 1.06. The number of nitrogens with zero attached hydrogens (tertiary/aromatic N) is 3. The van der Waals surface area contributed by atoms with E-state index in [0.29, 0.717) is 42.7 Å². The monoisotopic (exact) mass is 400 g/mol. The highest BCUT2D eigenvalue weighted by Gasteiger charge is 2.28. The molecule has 0 unspecified atom stereocenters. The minimum atomic E-state index is -0.454. The van der Waals surface area contributed by atoms with Crippen LogP contribution in [0.3, 0.4) is 0 Å². The highest BCUT2D eigenvalue weighted by molar-refractivity contribution is 6.30. The number of hydrogen-bond donors (Lipinski definition) is 1. The largest absolute Gasteiger partial charge is 0.339 e. The Labute approximate surface area is 166 Å². The van der Waals surface area contributed by atoms with Gasteiger partial charge in [0.2, 0.25) is 11.7 Å². The Balaban J connectivity index is 1.37. The van der Waals surface area contributed by atoms with Gasteiger partial charge in [-0.2, -0.15) is 4.98 Å². The number of carbonyl (C=O) groups is 1. The van der Waals surface area contributed by atoms with Crippen LogP contribution in [0.2, 0.25) is 5.02 Å². The number of likely N-dealkylation sites (tertiary alicyclic amines) is 1. The first-order chi connectivity index (χ1) is 13.6. The van der Waals surface area contributed by atoms with Gasteiger partial charge in [-0.1, -0.05) is 41.0 Å². The molecule has 0 bridgehead atoms. The molecule has 0 spiro atoms. The van der Waals surface area contributed by atoms with Crippen LogP contribution in [0.15, 0.2) is 53.1 Å². The summed E-state index contributed by atoms with van der Waals surface area (Å²) in [7, 11) is 0. The van der Waals surface area contributed by atoms with Crippen molar-refractivity contribution in [2.45, 2.75) is 18.8 Å². The molecule has 2 heterocycles. The fourth-order valence-electron chi connectivity index (χ4n) is 3.23. The minimum absolute atomic E-state index is 0.0814. The molecule has 0 aliphatic carbocycles. The third kappa shape index (κ3) is 3.99. The summed E-state index contributed by atoms with van der Waals surface area (Å²) in [5.41, 5.74) is 0.974. The maximum Gasteiger partial charge on any atom is 0.321 e. The number of halogens is 2. The van der Waals surface area contributed by atoms with Gasteiger partial charge < -0.3 is 14.7 Å². The second kappa shape index (κ2) is 7.98. The predicted octanol–water partition coefficient (Wildman–Crippen LogP) is 4.94. The van der Waals surface area contributed by atoms with Crippen LogP contribution in [0.25, 0.3) is 11.4 Å². The molecule has 1 aromatic heterocycles. The molecule has 1 N–H and O–H groups in total. The van der Waals surface area contributed by atoms with E-state index in [2.05, 4.69) is 15.5 Å². The van der Waals surface area contributed by atoms with Crippen LogP contribution < -0.4 is 5.32 Å². The average molecular weight is 401 g/mol. The van der Waals surface area contributed by atoms with E-state index in [4.69, 9.17) is 16.1 Å². The zero-order valence-electron chi connectivity index (χ0n) is 14.9. The first-order valence-corrected chi connectivity index (χ1v) is 9.38. The summed E-state index contributed by atoms with van der Waals surface area (Å²) in [6.07, 6.45) is 1.39. The van der Waals surface area contributed by atoms with Crippen LogP contribution in [0.4, 0.5) is 14.9 Å². The SMILES string of the molecule is O=C(Nc1ccccc1F)N1CCC(c2nc(-c3cccc(Cl)c3)no2)CC1. The fourth-order valence-corrected chi connectivity index (χ4v) is 3.42. The molecule has 4 rings (SSSR count). The Kier molecular flexibility index (Phi) is 5.25. The van der Waals surface area contributed by atoms with E-state index in [0.717, 1.165) is 5.56 Å². The number of amides is 2. The standard InChI is InChI=1S/C20H18ClFN4O2/c21-15-5-3-4-14(12-15)18-24-19(28-25-18)13-8-10-26(11-9-13)20(27)23-17-7-2-1-6-16(17)22/h1-7,12-13H,8-11H2,(H,23,27). The number of aromatic nitrogens is 2. The molecule has 28 heavy (non-hydrogen) atoms. The second-order valence-electron chi connectivity index (χ2n) is 6.64. The number of anilines is 1. The van der Waals surface area contributed by atoms with Crippen molar-refractivity contribution >= 4 is 23.3 Å². The summed E-state index contributed by atoms with van der Waals surface area (Å²) in [5.74, 6) is 0.685. The average Bonchev–Trinajstić information content (AvgIpc) is 3.20. The molecule has 1 aliphatic rings. The number of para-hydroxylation sites is 1. The highest BCUT2D eigenvalue weighted by atomic mass is 35.5. The van der Waals surface area contributed by atoms with Crippen molar-refractivity contribution in [1.82, 2.24) is 15.0 Å². The van der Waals surface area contributed by atoms with E-state index in [9.17, 15) is 9.18 Å². The summed E-state index contributed by atoms with van der Waals surface area (Å²) in [4.78, 5) is 18.5. The fraction of sp³-hybridized carbons (Fsp3) is 0.250. The van der Waals surface area contributed by atoms with Crippen molar-refractivity contribution in [3.63, 3.8) is 0 Å². The summed E-state index contributed by atoms with van der Waals surface area (Å²) < 4.78 is 19.1. The zero-order chi connectivity index (χ0) is 19.5. The maximum absolute atomic E-state index is 13.7. The number of carbonyl (C=O) groups excluding carboxylic acids is 1. The first kappa shape index (κ1) is 18.4. The van der Waals surface area contributed by atoms with Gasteiger partial charge in [-0.3, -0.25) is 0 Å². The summed E-state index contributed by atoms with van der Waals surface area (Å²) in [6, 6.07) is 13.1. The normalized spacial score (nSPS) is 14.9. The molecule has 144 valence electrons. The molecular weight excluding hydrogens is 383 g/mol. The highest BCUT2D eigenvalue weighted by Crippen LogP contribution is 2.29. The molecule has 3 aromatic rings. The van der Waals surface area contributed by atoms with Crippen molar-refractivity contribution in [2.75, 3.05) is 18.4 Å². The number of hydrogen-bond acceptors (Lipinski definition) is 4. The molecule has 2 aromatic carbocycles. The van der Waals surface area contributed by atoms with Crippen LogP contribution in [0, 0.1) is 5.82 Å². The molecule has 1 saturated heterocycles. The van der Waals surface area contributed by atoms with Crippen molar-refractivity contribution in [3.8, 4) is 11.4 Å². The second-order valence-corrected chi connectivity index (χ2v) is 7.07. The predicted molar refractivity (Wildman–Crippen MR) is 104 cm³/mol. The quantitative estimate of drug-likeness (QED) is 0.675. The van der Waals surface area contributed by atoms with Crippen LogP contribution in [-0.2, 0) is 0 Å². The number of nitrogens with one attached hydrogen (secondary N) is 1. The van der Waals surface area contributed by atoms with Gasteiger partial charge >= 0.3 is 6.03 Å². The molecule has 2 amide bonds. The smallest absolute Gasteiger partial charge is 0.321 e. The number of piperidine rings is 1. The molecule has 1 aliphatic heterocycles. The molecule has 0 saturated carbocycles. The van der Waals surface area contributed by atoms with Gasteiger partial charge in [0.15, 0.2) is 0 Å². The Morgan fingerprint density at radius 3 is 2.71 bits per heavy atom. The summed E-state index contributed by atoms with van der Waals surface area (Å²) in [5, 5.41) is 7.27. The minimum Gasteiger partial charge on any atom is -0.339 e. The van der Waals surface area contributed by atoms with Crippen LogP contribution >= 0.6 is 11.6 Å². The van der Waals surface area contributed by atoms with Gasteiger partial charge in [0.25, 0.3) is 0 Å². The lowest BCUT2D eigenvalue weighted by Crippen LogP contribution is -2.40. The van der Waals surface area contributed by atoms with E-state index in [1.165, 1.54) is 12.1 Å². The van der Waals surface area contributed by atoms with Crippen molar-refractivity contribution in [3.05, 3.63) is 65.3 Å². The van der Waals surface area contributed by atoms with E-state index in [1.54, 1.807) is 29.2 Å². The van der Waals surface area contributed by atoms with Gasteiger partial charge in [0.05, 0.1) is 5.69 Å². The lowest BCUT2D eigenvalue weighted by Gasteiger charge is -2.30. The zero-order valence-corrected chi connectivity index (χ0v) is 15.7. The van der Waals surface area contributed by atoms with Gasteiger partial charge in [-0.25, -0.2) is 9.18 Å². The molecule has 6 nitrogen and oxygen atoms in total. The first-order valence-electron chi connectivity index (χ1n) is 9.00. The summed E-state index contributed by atoms with van der Waals surface area (Å²) >= 11 is 6.01. The third-order valence-electron chi connectivity index (χ3n) is 4.77. The number of rotatable bonds is 3. The maximum atomic E-state index is 13.7. The van der Waals surface area contributed by atoms with Crippen molar-refractivity contribution < 1.29 is 13.7 Å². The number of benzene rings is 2. The molecule has 0 atom stereocenters. The lowest BCUT2D eigenvalue weighted by molar-refractivity contribution is 0.187. The van der Waals surface area contributed by atoms with Gasteiger partial charge in [-0.15, -0.1) is 0 Å². The Bertz CT molecular complexity index is 986. The van der Waals surface area contributed by atoms with E-state index < -0.39 is 5.82 Å². The molecule has 8 heteroatoms. The Morgan fingerprint density at radius 2 is 1.96 bits per heavy atom. The lowest BCUT2D eigenvalue weighted by atomic mass is 9.97. The molecule has 0 radical (unpaired) electrons. The van der Waals surface area contributed by atoms with Gasteiger partial charge in [-0.05, 0) is 37.1 Å². The van der Waals surface area contributed by atoms with Gasteiger partial charge in [0.1, 0.15) is 5.82 Å². The van der Waals surface area contributed by atoms with Crippen LogP contribution in [-0.4, -0.2) is 34.2 Å². The van der Waals surface area contributed by atoms with E-state index >= 15 is 0 Å². The molecular formula is C20H18ClFN4O2. The topological polar surface area (TPSA) is 71.3 Å². The van der Waals surface area contributed by atoms with Gasteiger partial charge in [0, 0.05) is 29.6 Å². The Hall–Kier alpha value is -2.93. The number of urea groups is 1. The van der Waals surface area contributed by atoms with E-state index in [1.807, 2.05) is 12.1 Å². The van der Waals surface area contributed by atoms with Crippen LogP contribution in [0.5, 0.6) is 0 Å². The Morgan fingerprint density at radius 1 is 1.18 bits per heavy atom.